The number of nitrogens with one attached hydrogen (secondary N) is 2. The van der Waals surface area contributed by atoms with Gasteiger partial charge in [-0.05, 0) is 24.3 Å². The number of benzene rings is 2. The fourth-order valence-corrected chi connectivity index (χ4v) is 4.13. The lowest BCUT2D eigenvalue weighted by molar-refractivity contribution is -0.274. The van der Waals surface area contributed by atoms with Gasteiger partial charge in [0.2, 0.25) is 17.8 Å². The summed E-state index contributed by atoms with van der Waals surface area (Å²) in [5.74, 6) is 0.617. The summed E-state index contributed by atoms with van der Waals surface area (Å²) in [6.45, 7) is 2.32. The molecular weight excluding hydrogens is 495 g/mol. The van der Waals surface area contributed by atoms with Gasteiger partial charge in [-0.3, -0.25) is 5.32 Å². The summed E-state index contributed by atoms with van der Waals surface area (Å²) >= 11 is 1.41. The van der Waals surface area contributed by atoms with Crippen molar-refractivity contribution in [1.82, 2.24) is 19.9 Å². The highest BCUT2D eigenvalue weighted by atomic mass is 32.1. The van der Waals surface area contributed by atoms with Crippen molar-refractivity contribution < 1.29 is 22.6 Å². The lowest BCUT2D eigenvalue weighted by atomic mass is 10.2. The summed E-state index contributed by atoms with van der Waals surface area (Å²) in [4.78, 5) is 20.1. The van der Waals surface area contributed by atoms with Gasteiger partial charge in [0.25, 0.3) is 0 Å². The van der Waals surface area contributed by atoms with Crippen molar-refractivity contribution in [2.45, 2.75) is 6.36 Å². The van der Waals surface area contributed by atoms with Crippen molar-refractivity contribution in [2.75, 3.05) is 41.8 Å². The molecule has 0 bridgehead atoms. The van der Waals surface area contributed by atoms with Crippen molar-refractivity contribution in [3.05, 3.63) is 60.0 Å². The van der Waals surface area contributed by atoms with Gasteiger partial charge in [-0.25, -0.2) is 4.98 Å². The van der Waals surface area contributed by atoms with E-state index >= 15 is 0 Å². The molecule has 0 amide bonds. The summed E-state index contributed by atoms with van der Waals surface area (Å²) in [5, 5.41) is 8.69. The van der Waals surface area contributed by atoms with Crippen molar-refractivity contribution >= 4 is 40.0 Å². The van der Waals surface area contributed by atoms with E-state index in [0.717, 1.165) is 11.3 Å². The third kappa shape index (κ3) is 6.17. The number of rotatable bonds is 7. The van der Waals surface area contributed by atoms with Crippen LogP contribution >= 0.6 is 11.3 Å². The van der Waals surface area contributed by atoms with Gasteiger partial charge in [-0.2, -0.15) is 15.0 Å². The highest BCUT2D eigenvalue weighted by Gasteiger charge is 2.31. The van der Waals surface area contributed by atoms with Crippen LogP contribution in [0.15, 0.2) is 60.0 Å². The number of alkyl halides is 3. The minimum Gasteiger partial charge on any atom is -0.406 e. The molecule has 0 spiro atoms. The number of aromatic nitrogens is 4. The first-order valence-corrected chi connectivity index (χ1v) is 11.8. The average Bonchev–Trinajstić information content (AvgIpc) is 3.34. The normalized spacial score (nSPS) is 13.9. The third-order valence-electron chi connectivity index (χ3n) is 5.05. The predicted octanol–water partition coefficient (Wildman–Crippen LogP) is 5.22. The van der Waals surface area contributed by atoms with Gasteiger partial charge in [-0.15, -0.1) is 24.5 Å². The zero-order valence-corrected chi connectivity index (χ0v) is 19.5. The van der Waals surface area contributed by atoms with E-state index in [2.05, 4.69) is 35.3 Å². The molecule has 1 aliphatic rings. The lowest BCUT2D eigenvalue weighted by Gasteiger charge is -2.27. The number of hydrogen-bond donors (Lipinski definition) is 2. The monoisotopic (exact) mass is 515 g/mol. The third-order valence-corrected chi connectivity index (χ3v) is 5.81. The largest absolute Gasteiger partial charge is 0.573 e. The predicted molar refractivity (Wildman–Crippen MR) is 130 cm³/mol. The molecule has 5 rings (SSSR count). The SMILES string of the molecule is FC(F)(F)Oc1ccc(Nc2nc(Nc3nc(-c4ccccc4)cs3)nc(N3CCOCC3)n2)cc1. The number of halogens is 3. The number of nitrogens with zero attached hydrogens (tertiary/aromatic N) is 5. The molecule has 1 fully saturated rings. The Bertz CT molecular complexity index is 1300. The minimum atomic E-state index is -4.76. The summed E-state index contributed by atoms with van der Waals surface area (Å²) in [6.07, 6.45) is -4.76. The zero-order valence-electron chi connectivity index (χ0n) is 18.7. The molecule has 2 N–H and O–H groups in total. The van der Waals surface area contributed by atoms with Crippen molar-refractivity contribution in [3.63, 3.8) is 0 Å². The lowest BCUT2D eigenvalue weighted by Crippen LogP contribution is -2.37. The minimum absolute atomic E-state index is 0.221. The van der Waals surface area contributed by atoms with Crippen LogP contribution in [-0.2, 0) is 4.74 Å². The molecule has 0 unspecified atom stereocenters. The highest BCUT2D eigenvalue weighted by molar-refractivity contribution is 7.14. The van der Waals surface area contributed by atoms with Gasteiger partial charge >= 0.3 is 6.36 Å². The van der Waals surface area contributed by atoms with Crippen LogP contribution in [0.3, 0.4) is 0 Å². The van der Waals surface area contributed by atoms with Crippen LogP contribution in [0.5, 0.6) is 5.75 Å². The molecular formula is C23H20F3N7O2S. The van der Waals surface area contributed by atoms with Crippen LogP contribution in [0.25, 0.3) is 11.3 Å². The maximum absolute atomic E-state index is 12.4. The summed E-state index contributed by atoms with van der Waals surface area (Å²) in [6, 6.07) is 15.1. The van der Waals surface area contributed by atoms with Gasteiger partial charge in [0.1, 0.15) is 5.75 Å². The van der Waals surface area contributed by atoms with Crippen LogP contribution in [0.2, 0.25) is 0 Å². The summed E-state index contributed by atoms with van der Waals surface area (Å²) < 4.78 is 46.7. The maximum atomic E-state index is 12.4. The maximum Gasteiger partial charge on any atom is 0.573 e. The Hall–Kier alpha value is -3.97. The molecule has 9 nitrogen and oxygen atoms in total. The molecule has 0 saturated carbocycles. The van der Waals surface area contributed by atoms with E-state index < -0.39 is 6.36 Å². The number of anilines is 5. The molecule has 186 valence electrons. The molecule has 13 heteroatoms. The first-order valence-electron chi connectivity index (χ1n) is 10.9. The number of morpholine rings is 1. The van der Waals surface area contributed by atoms with Crippen LogP contribution in [0, 0.1) is 0 Å². The quantitative estimate of drug-likeness (QED) is 0.343. The van der Waals surface area contributed by atoms with E-state index in [9.17, 15) is 13.2 Å². The van der Waals surface area contributed by atoms with E-state index in [0.29, 0.717) is 43.1 Å². The van der Waals surface area contributed by atoms with Crippen LogP contribution in [0.4, 0.5) is 41.8 Å². The summed E-state index contributed by atoms with van der Waals surface area (Å²) in [7, 11) is 0. The van der Waals surface area contributed by atoms with E-state index in [4.69, 9.17) is 4.74 Å². The second kappa shape index (κ2) is 10.3. The Morgan fingerprint density at radius 1 is 0.861 bits per heavy atom. The van der Waals surface area contributed by atoms with E-state index in [1.165, 1.54) is 35.6 Å². The molecule has 1 saturated heterocycles. The topological polar surface area (TPSA) is 97.3 Å². The van der Waals surface area contributed by atoms with Gasteiger partial charge in [0.15, 0.2) is 5.13 Å². The van der Waals surface area contributed by atoms with Crippen LogP contribution in [-0.4, -0.2) is 52.6 Å². The molecule has 1 aliphatic heterocycles. The van der Waals surface area contributed by atoms with Crippen molar-refractivity contribution in [2.24, 2.45) is 0 Å². The second-order valence-corrected chi connectivity index (χ2v) is 8.47. The first kappa shape index (κ1) is 23.8. The standard InChI is InChI=1S/C23H20F3N7O2S/c24-23(25,26)35-17-8-6-16(7-9-17)27-19-29-20(31-21(30-19)33-10-12-34-13-11-33)32-22-28-18(14-36-22)15-4-2-1-3-5-15/h1-9,14H,10-13H2,(H2,27,28,29,30,31,32). The van der Waals surface area contributed by atoms with Crippen molar-refractivity contribution in [1.29, 1.82) is 0 Å². The van der Waals surface area contributed by atoms with Crippen LogP contribution < -0.4 is 20.3 Å². The summed E-state index contributed by atoms with van der Waals surface area (Å²) in [5.41, 5.74) is 2.30. The number of thiazole rings is 1. The fourth-order valence-electron chi connectivity index (χ4n) is 3.42. The first-order chi connectivity index (χ1) is 17.4. The Labute approximate surface area is 208 Å². The Morgan fingerprint density at radius 3 is 2.25 bits per heavy atom. The fraction of sp³-hybridized carbons (Fsp3) is 0.217. The van der Waals surface area contributed by atoms with Gasteiger partial charge in [0, 0.05) is 29.7 Å². The van der Waals surface area contributed by atoms with E-state index in [1.54, 1.807) is 0 Å². The Morgan fingerprint density at radius 2 is 1.56 bits per heavy atom. The molecule has 0 radical (unpaired) electrons. The van der Waals surface area contributed by atoms with Gasteiger partial charge in [0.05, 0.1) is 18.9 Å². The molecule has 2 aromatic heterocycles. The van der Waals surface area contributed by atoms with E-state index in [-0.39, 0.29) is 17.6 Å². The Balaban J connectivity index is 1.38. The number of ether oxygens (including phenoxy) is 2. The molecule has 36 heavy (non-hydrogen) atoms. The molecule has 4 aromatic rings. The average molecular weight is 516 g/mol. The second-order valence-electron chi connectivity index (χ2n) is 7.61. The highest BCUT2D eigenvalue weighted by Crippen LogP contribution is 2.28. The Kier molecular flexibility index (Phi) is 6.82. The smallest absolute Gasteiger partial charge is 0.406 e. The van der Waals surface area contributed by atoms with Gasteiger partial charge < -0.3 is 19.7 Å². The van der Waals surface area contributed by atoms with Gasteiger partial charge in [-0.1, -0.05) is 30.3 Å². The number of hydrogen-bond acceptors (Lipinski definition) is 10. The molecule has 0 atom stereocenters. The van der Waals surface area contributed by atoms with Crippen LogP contribution in [0.1, 0.15) is 0 Å². The zero-order chi connectivity index (χ0) is 25.0. The van der Waals surface area contributed by atoms with Crippen molar-refractivity contribution in [3.8, 4) is 17.0 Å². The molecule has 0 aliphatic carbocycles. The molecule has 2 aromatic carbocycles. The molecule has 3 heterocycles. The van der Waals surface area contributed by atoms with E-state index in [1.807, 2.05) is 40.6 Å².